The molecule has 0 bridgehead atoms. The minimum atomic E-state index is 0.0250. The van der Waals surface area contributed by atoms with Crippen molar-refractivity contribution in [3.05, 3.63) is 59.2 Å². The van der Waals surface area contributed by atoms with Crippen LogP contribution >= 0.6 is 0 Å². The van der Waals surface area contributed by atoms with Gasteiger partial charge in [-0.2, -0.15) is 0 Å². The molecule has 152 valence electrons. The quantitative estimate of drug-likeness (QED) is 0.790. The summed E-state index contributed by atoms with van der Waals surface area (Å²) >= 11 is 0. The molecule has 2 aromatic carbocycles. The number of anilines is 2. The molecule has 0 radical (unpaired) electrons. The van der Waals surface area contributed by atoms with Crippen LogP contribution in [0.1, 0.15) is 42.4 Å². The SMILES string of the molecule is Cc1ccc(CN2CCCN(c3cccc(NC(=O)C4CCC4)c3)C2=O)cc1C. The van der Waals surface area contributed by atoms with Crippen LogP contribution in [0.2, 0.25) is 0 Å². The van der Waals surface area contributed by atoms with Gasteiger partial charge in [-0.3, -0.25) is 9.69 Å². The average Bonchev–Trinajstić information content (AvgIpc) is 2.65. The molecule has 1 saturated heterocycles. The van der Waals surface area contributed by atoms with Gasteiger partial charge in [-0.25, -0.2) is 4.79 Å². The topological polar surface area (TPSA) is 52.6 Å². The number of benzene rings is 2. The number of carbonyl (C=O) groups is 2. The third-order valence-corrected chi connectivity index (χ3v) is 6.16. The lowest BCUT2D eigenvalue weighted by Crippen LogP contribution is -2.49. The molecule has 2 aliphatic rings. The van der Waals surface area contributed by atoms with Gasteiger partial charge in [-0.05, 0) is 68.0 Å². The fraction of sp³-hybridized carbons (Fsp3) is 0.417. The largest absolute Gasteiger partial charge is 0.326 e. The Bertz CT molecular complexity index is 920. The Morgan fingerprint density at radius 2 is 1.86 bits per heavy atom. The second kappa shape index (κ2) is 8.27. The summed E-state index contributed by atoms with van der Waals surface area (Å²) < 4.78 is 0. The maximum Gasteiger partial charge on any atom is 0.324 e. The Morgan fingerprint density at radius 1 is 1.03 bits per heavy atom. The van der Waals surface area contributed by atoms with Gasteiger partial charge in [-0.1, -0.05) is 30.7 Å². The summed E-state index contributed by atoms with van der Waals surface area (Å²) in [4.78, 5) is 29.1. The van der Waals surface area contributed by atoms with Crippen molar-refractivity contribution in [3.63, 3.8) is 0 Å². The minimum Gasteiger partial charge on any atom is -0.326 e. The average molecular weight is 392 g/mol. The van der Waals surface area contributed by atoms with Crippen molar-refractivity contribution in [2.75, 3.05) is 23.3 Å². The standard InChI is InChI=1S/C24H29N3O2/c1-17-10-11-19(14-18(17)2)16-26-12-5-13-27(24(26)29)22-9-4-8-21(15-22)25-23(28)20-6-3-7-20/h4,8-11,14-15,20H,3,5-7,12-13,16H2,1-2H3,(H,25,28). The highest BCUT2D eigenvalue weighted by Crippen LogP contribution is 2.29. The summed E-state index contributed by atoms with van der Waals surface area (Å²) in [6, 6.07) is 14.1. The lowest BCUT2D eigenvalue weighted by molar-refractivity contribution is -0.122. The predicted octanol–water partition coefficient (Wildman–Crippen LogP) is 4.87. The van der Waals surface area contributed by atoms with Crippen molar-refractivity contribution < 1.29 is 9.59 Å². The Labute approximate surface area is 172 Å². The highest BCUT2D eigenvalue weighted by atomic mass is 16.2. The third kappa shape index (κ3) is 4.29. The molecular weight excluding hydrogens is 362 g/mol. The van der Waals surface area contributed by atoms with Gasteiger partial charge in [0.2, 0.25) is 5.91 Å². The van der Waals surface area contributed by atoms with Crippen LogP contribution in [0.15, 0.2) is 42.5 Å². The van der Waals surface area contributed by atoms with Crippen LogP contribution in [0.4, 0.5) is 16.2 Å². The molecule has 0 atom stereocenters. The number of amides is 3. The van der Waals surface area contributed by atoms with Crippen molar-refractivity contribution in [3.8, 4) is 0 Å². The highest BCUT2D eigenvalue weighted by Gasteiger charge is 2.28. The maximum absolute atomic E-state index is 13.1. The van der Waals surface area contributed by atoms with E-state index in [9.17, 15) is 9.59 Å². The zero-order chi connectivity index (χ0) is 20.4. The van der Waals surface area contributed by atoms with E-state index in [1.54, 1.807) is 0 Å². The van der Waals surface area contributed by atoms with E-state index in [0.29, 0.717) is 13.1 Å². The number of hydrogen-bond acceptors (Lipinski definition) is 2. The molecule has 1 aliphatic carbocycles. The van der Waals surface area contributed by atoms with Crippen molar-refractivity contribution in [2.45, 2.75) is 46.1 Å². The van der Waals surface area contributed by atoms with Crippen molar-refractivity contribution in [1.29, 1.82) is 0 Å². The second-order valence-electron chi connectivity index (χ2n) is 8.30. The van der Waals surface area contributed by atoms with Crippen LogP contribution in [0.3, 0.4) is 0 Å². The number of rotatable bonds is 5. The highest BCUT2D eigenvalue weighted by molar-refractivity contribution is 5.96. The van der Waals surface area contributed by atoms with Crippen molar-refractivity contribution in [2.24, 2.45) is 5.92 Å². The molecule has 0 unspecified atom stereocenters. The first-order valence-electron chi connectivity index (χ1n) is 10.5. The molecule has 1 aliphatic heterocycles. The Morgan fingerprint density at radius 3 is 2.59 bits per heavy atom. The van der Waals surface area contributed by atoms with Gasteiger partial charge in [0.1, 0.15) is 0 Å². The van der Waals surface area contributed by atoms with Gasteiger partial charge in [0.05, 0.1) is 0 Å². The first kappa shape index (κ1) is 19.5. The van der Waals surface area contributed by atoms with E-state index in [-0.39, 0.29) is 17.9 Å². The Balaban J connectivity index is 1.46. The van der Waals surface area contributed by atoms with Gasteiger partial charge in [0.15, 0.2) is 0 Å². The predicted molar refractivity (Wildman–Crippen MR) is 116 cm³/mol. The number of aryl methyl sites for hydroxylation is 2. The summed E-state index contributed by atoms with van der Waals surface area (Å²) in [6.07, 6.45) is 4.01. The van der Waals surface area contributed by atoms with Gasteiger partial charge in [0.25, 0.3) is 0 Å². The molecule has 5 heteroatoms. The number of hydrogen-bond donors (Lipinski definition) is 1. The molecule has 0 spiro atoms. The van der Waals surface area contributed by atoms with E-state index in [1.807, 2.05) is 34.1 Å². The number of carbonyl (C=O) groups excluding carboxylic acids is 2. The van der Waals surface area contributed by atoms with Crippen LogP contribution in [-0.2, 0) is 11.3 Å². The third-order valence-electron chi connectivity index (χ3n) is 6.16. The maximum atomic E-state index is 13.1. The van der Waals surface area contributed by atoms with Crippen LogP contribution in [0.25, 0.3) is 0 Å². The monoisotopic (exact) mass is 391 g/mol. The number of nitrogens with one attached hydrogen (secondary N) is 1. The molecule has 3 amide bonds. The van der Waals surface area contributed by atoms with Crippen LogP contribution < -0.4 is 10.2 Å². The summed E-state index contributed by atoms with van der Waals surface area (Å²) in [7, 11) is 0. The number of nitrogens with zero attached hydrogens (tertiary/aromatic N) is 2. The number of urea groups is 1. The van der Waals surface area contributed by atoms with Crippen molar-refractivity contribution >= 4 is 23.3 Å². The van der Waals surface area contributed by atoms with E-state index >= 15 is 0 Å². The molecule has 1 N–H and O–H groups in total. The Hall–Kier alpha value is -2.82. The molecule has 2 aromatic rings. The minimum absolute atomic E-state index is 0.0250. The second-order valence-corrected chi connectivity index (χ2v) is 8.30. The fourth-order valence-electron chi connectivity index (χ4n) is 3.96. The smallest absolute Gasteiger partial charge is 0.324 e. The van der Waals surface area contributed by atoms with E-state index in [0.717, 1.165) is 49.2 Å². The summed E-state index contributed by atoms with van der Waals surface area (Å²) in [6.45, 7) is 6.29. The van der Waals surface area contributed by atoms with Crippen LogP contribution in [0.5, 0.6) is 0 Å². The van der Waals surface area contributed by atoms with Crippen LogP contribution in [0, 0.1) is 19.8 Å². The molecule has 5 nitrogen and oxygen atoms in total. The summed E-state index contributed by atoms with van der Waals surface area (Å²) in [5.41, 5.74) is 5.27. The van der Waals surface area contributed by atoms with Crippen molar-refractivity contribution in [1.82, 2.24) is 4.90 Å². The lowest BCUT2D eigenvalue weighted by atomic mass is 9.85. The van der Waals surface area contributed by atoms with E-state index in [4.69, 9.17) is 0 Å². The molecular formula is C24H29N3O2. The first-order valence-corrected chi connectivity index (χ1v) is 10.5. The zero-order valence-electron chi connectivity index (χ0n) is 17.3. The lowest BCUT2D eigenvalue weighted by Gasteiger charge is -2.36. The fourth-order valence-corrected chi connectivity index (χ4v) is 3.96. The normalized spacial score (nSPS) is 17.2. The van der Waals surface area contributed by atoms with Crippen LogP contribution in [-0.4, -0.2) is 29.9 Å². The molecule has 4 rings (SSSR count). The van der Waals surface area contributed by atoms with Gasteiger partial charge < -0.3 is 10.2 Å². The molecule has 0 aromatic heterocycles. The first-order chi connectivity index (χ1) is 14.0. The Kier molecular flexibility index (Phi) is 5.56. The summed E-state index contributed by atoms with van der Waals surface area (Å²) in [5, 5.41) is 3.01. The molecule has 1 saturated carbocycles. The molecule has 29 heavy (non-hydrogen) atoms. The van der Waals surface area contributed by atoms with E-state index < -0.39 is 0 Å². The van der Waals surface area contributed by atoms with Gasteiger partial charge in [-0.15, -0.1) is 0 Å². The van der Waals surface area contributed by atoms with Gasteiger partial charge in [0, 0.05) is 36.9 Å². The molecule has 1 heterocycles. The zero-order valence-corrected chi connectivity index (χ0v) is 17.3. The van der Waals surface area contributed by atoms with E-state index in [2.05, 4.69) is 37.4 Å². The summed E-state index contributed by atoms with van der Waals surface area (Å²) in [5.74, 6) is 0.235. The van der Waals surface area contributed by atoms with E-state index in [1.165, 1.54) is 11.1 Å². The van der Waals surface area contributed by atoms with Gasteiger partial charge >= 0.3 is 6.03 Å². The molecule has 2 fully saturated rings.